The van der Waals surface area contributed by atoms with Crippen LogP contribution in [0.15, 0.2) is 67.1 Å². The van der Waals surface area contributed by atoms with Gasteiger partial charge in [-0.1, -0.05) is 24.3 Å². The van der Waals surface area contributed by atoms with Crippen molar-refractivity contribution in [3.8, 4) is 0 Å². The summed E-state index contributed by atoms with van der Waals surface area (Å²) in [7, 11) is -1.93. The fourth-order valence-electron chi connectivity index (χ4n) is 4.12. The topological polar surface area (TPSA) is 105 Å². The molecule has 4 aromatic rings. The van der Waals surface area contributed by atoms with Gasteiger partial charge in [0.05, 0.1) is 12.8 Å². The van der Waals surface area contributed by atoms with Gasteiger partial charge in [0, 0.05) is 48.8 Å². The smallest absolute Gasteiger partial charge is 0.233 e. The van der Waals surface area contributed by atoms with E-state index in [4.69, 9.17) is 4.98 Å². The largest absolute Gasteiger partial charge is 0.328 e. The summed E-state index contributed by atoms with van der Waals surface area (Å²) in [5.74, 6) is 0.888. The van der Waals surface area contributed by atoms with Crippen molar-refractivity contribution >= 4 is 44.1 Å². The Labute approximate surface area is 204 Å². The molecule has 5 rings (SSSR count). The summed E-state index contributed by atoms with van der Waals surface area (Å²) in [5.41, 5.74) is 5.02. The molecular formula is C25H27N7O2S. The molecule has 0 unspecified atom stereocenters. The van der Waals surface area contributed by atoms with Crippen molar-refractivity contribution in [2.24, 2.45) is 0 Å². The van der Waals surface area contributed by atoms with E-state index in [9.17, 15) is 8.42 Å². The van der Waals surface area contributed by atoms with Gasteiger partial charge >= 0.3 is 0 Å². The van der Waals surface area contributed by atoms with Gasteiger partial charge in [-0.3, -0.25) is 4.31 Å². The number of rotatable bonds is 7. The molecule has 1 aromatic carbocycles. The molecule has 0 radical (unpaired) electrons. The molecule has 0 fully saturated rings. The first-order valence-electron chi connectivity index (χ1n) is 11.4. The third kappa shape index (κ3) is 5.03. The number of hydrogen-bond acceptors (Lipinski definition) is 7. The molecule has 0 spiro atoms. The van der Waals surface area contributed by atoms with E-state index in [1.54, 1.807) is 18.5 Å². The molecule has 1 aliphatic rings. The van der Waals surface area contributed by atoms with Crippen LogP contribution in [0.5, 0.6) is 0 Å². The van der Waals surface area contributed by atoms with Crippen LogP contribution in [0, 0.1) is 0 Å². The predicted octanol–water partition coefficient (Wildman–Crippen LogP) is 3.39. The van der Waals surface area contributed by atoms with Gasteiger partial charge in [0.1, 0.15) is 11.5 Å². The number of benzene rings is 1. The number of pyridine rings is 1. The van der Waals surface area contributed by atoms with Gasteiger partial charge in [0.25, 0.3) is 0 Å². The highest BCUT2D eigenvalue weighted by Crippen LogP contribution is 2.25. The van der Waals surface area contributed by atoms with Gasteiger partial charge in [0.2, 0.25) is 16.0 Å². The van der Waals surface area contributed by atoms with Crippen molar-refractivity contribution in [3.05, 3.63) is 78.3 Å². The molecule has 35 heavy (non-hydrogen) atoms. The molecule has 2 N–H and O–H groups in total. The first-order chi connectivity index (χ1) is 16.9. The van der Waals surface area contributed by atoms with Crippen LogP contribution in [-0.2, 0) is 16.6 Å². The number of nitrogens with one attached hydrogen (secondary N) is 2. The highest BCUT2D eigenvalue weighted by Gasteiger charge is 2.18. The molecule has 180 valence electrons. The second kappa shape index (κ2) is 9.47. The average molecular weight is 490 g/mol. The minimum Gasteiger partial charge on any atom is -0.328 e. The van der Waals surface area contributed by atoms with Crippen molar-refractivity contribution in [1.29, 1.82) is 0 Å². The minimum atomic E-state index is -3.43. The van der Waals surface area contributed by atoms with Crippen LogP contribution in [-0.4, -0.2) is 54.3 Å². The number of hydrogen-bond donors (Lipinski definition) is 2. The summed E-state index contributed by atoms with van der Waals surface area (Å²) >= 11 is 0. The van der Waals surface area contributed by atoms with Crippen molar-refractivity contribution in [2.45, 2.75) is 13.0 Å². The van der Waals surface area contributed by atoms with Gasteiger partial charge in [0.15, 0.2) is 0 Å². The van der Waals surface area contributed by atoms with Crippen LogP contribution in [0.4, 0.5) is 17.5 Å². The van der Waals surface area contributed by atoms with Crippen LogP contribution in [0.3, 0.4) is 0 Å². The molecule has 0 saturated heterocycles. The van der Waals surface area contributed by atoms with Gasteiger partial charge < -0.3 is 15.2 Å². The lowest BCUT2D eigenvalue weighted by molar-refractivity contribution is 0.599. The number of anilines is 3. The normalized spacial score (nSPS) is 14.1. The van der Waals surface area contributed by atoms with Crippen molar-refractivity contribution in [1.82, 2.24) is 24.8 Å². The van der Waals surface area contributed by atoms with Gasteiger partial charge in [-0.25, -0.2) is 18.4 Å². The highest BCUT2D eigenvalue weighted by molar-refractivity contribution is 7.92. The molecule has 4 heterocycles. The molecular weight excluding hydrogens is 462 g/mol. The Hall–Kier alpha value is -3.76. The average Bonchev–Trinajstić information content (AvgIpc) is 3.26. The summed E-state index contributed by atoms with van der Waals surface area (Å²) in [4.78, 5) is 13.5. The fraction of sp³-hybridized carbons (Fsp3) is 0.240. The summed E-state index contributed by atoms with van der Waals surface area (Å²) in [5, 5.41) is 7.52. The maximum Gasteiger partial charge on any atom is 0.233 e. The Balaban J connectivity index is 1.39. The van der Waals surface area contributed by atoms with E-state index in [2.05, 4.69) is 38.8 Å². The third-order valence-electron chi connectivity index (χ3n) is 6.08. The minimum absolute atomic E-state index is 0.396. The van der Waals surface area contributed by atoms with Crippen LogP contribution in [0.1, 0.15) is 17.5 Å². The van der Waals surface area contributed by atoms with Crippen molar-refractivity contribution < 1.29 is 8.42 Å². The number of aromatic nitrogens is 4. The van der Waals surface area contributed by atoms with Gasteiger partial charge in [-0.2, -0.15) is 4.98 Å². The van der Waals surface area contributed by atoms with Crippen LogP contribution in [0.2, 0.25) is 0 Å². The zero-order chi connectivity index (χ0) is 24.4. The predicted molar refractivity (Wildman–Crippen MR) is 139 cm³/mol. The lowest BCUT2D eigenvalue weighted by atomic mass is 10.0. The third-order valence-corrected chi connectivity index (χ3v) is 7.25. The number of nitrogens with zero attached hydrogens (tertiary/aromatic N) is 5. The SMILES string of the molecule is CN(c1ncccc1Cn1ccc2cnc(Nc3ccc(C4=CCNCC4)cc3)nc21)S(C)(=O)=O. The first-order valence-corrected chi connectivity index (χ1v) is 13.2. The molecule has 9 nitrogen and oxygen atoms in total. The molecule has 0 amide bonds. The van der Waals surface area contributed by atoms with Gasteiger partial charge in [-0.05, 0) is 48.4 Å². The van der Waals surface area contributed by atoms with Crippen molar-refractivity contribution in [3.63, 3.8) is 0 Å². The Kier molecular flexibility index (Phi) is 6.23. The Morgan fingerprint density at radius 2 is 1.97 bits per heavy atom. The molecule has 3 aromatic heterocycles. The zero-order valence-electron chi connectivity index (χ0n) is 19.6. The van der Waals surface area contributed by atoms with E-state index in [0.29, 0.717) is 18.3 Å². The Morgan fingerprint density at radius 3 is 2.71 bits per heavy atom. The second-order valence-electron chi connectivity index (χ2n) is 8.52. The molecule has 0 aliphatic carbocycles. The van der Waals surface area contributed by atoms with Crippen LogP contribution >= 0.6 is 0 Å². The van der Waals surface area contributed by atoms with Crippen LogP contribution in [0.25, 0.3) is 16.6 Å². The second-order valence-corrected chi connectivity index (χ2v) is 10.5. The lowest BCUT2D eigenvalue weighted by Gasteiger charge is -2.19. The summed E-state index contributed by atoms with van der Waals surface area (Å²) in [6, 6.07) is 13.9. The quantitative estimate of drug-likeness (QED) is 0.410. The molecule has 10 heteroatoms. The molecule has 0 atom stereocenters. The van der Waals surface area contributed by atoms with E-state index in [0.717, 1.165) is 48.1 Å². The Bertz CT molecular complexity index is 1490. The van der Waals surface area contributed by atoms with E-state index < -0.39 is 10.0 Å². The Morgan fingerprint density at radius 1 is 1.14 bits per heavy atom. The standard InChI is InChI=1S/C25H27N7O2S/c1-31(35(2,33)34)23-21(4-3-12-27-23)17-32-15-11-20-16-28-25(30-24(20)32)29-22-7-5-18(6-8-22)19-9-13-26-14-10-19/h3-9,11-12,15-16,26H,10,13-14,17H2,1-2H3,(H,28,29,30). The van der Waals surface area contributed by atoms with E-state index >= 15 is 0 Å². The maximum atomic E-state index is 12.1. The molecule has 0 saturated carbocycles. The first kappa shape index (κ1) is 23.0. The summed E-state index contributed by atoms with van der Waals surface area (Å²) in [6.07, 6.45) is 9.72. The van der Waals surface area contributed by atoms with E-state index in [-0.39, 0.29) is 0 Å². The fourth-order valence-corrected chi connectivity index (χ4v) is 4.60. The number of sulfonamides is 1. The number of fused-ring (bicyclic) bond motifs is 1. The zero-order valence-corrected chi connectivity index (χ0v) is 20.5. The van der Waals surface area contributed by atoms with E-state index in [1.165, 1.54) is 22.5 Å². The molecule has 0 bridgehead atoms. The summed E-state index contributed by atoms with van der Waals surface area (Å²) < 4.78 is 27.3. The van der Waals surface area contributed by atoms with Crippen LogP contribution < -0.4 is 14.9 Å². The monoisotopic (exact) mass is 489 g/mol. The lowest BCUT2D eigenvalue weighted by Crippen LogP contribution is -2.27. The van der Waals surface area contributed by atoms with E-state index in [1.807, 2.05) is 35.0 Å². The van der Waals surface area contributed by atoms with Crippen molar-refractivity contribution in [2.75, 3.05) is 36.0 Å². The maximum absolute atomic E-state index is 12.1. The molecule has 1 aliphatic heterocycles. The highest BCUT2D eigenvalue weighted by atomic mass is 32.2. The summed E-state index contributed by atoms with van der Waals surface area (Å²) in [6.45, 7) is 2.33. The van der Waals surface area contributed by atoms with Gasteiger partial charge in [-0.15, -0.1) is 0 Å².